The number of aliphatic carboxylic acids is 1. The molecule has 2 aliphatic rings. The molecule has 1 saturated heterocycles. The largest absolute Gasteiger partial charge is 1.00 e. The number of carbonyl (C=O) groups is 2. The van der Waals surface area contributed by atoms with Crippen molar-refractivity contribution in [3.63, 3.8) is 0 Å². The third kappa shape index (κ3) is 2.32. The maximum atomic E-state index is 11.2. The number of rotatable bonds is 4. The molecular weight excluding hydrogens is 237 g/mol. The number of hydrogen-bond donors (Lipinski definition) is 0. The second-order valence-corrected chi connectivity index (χ2v) is 4.98. The molecule has 6 heteroatoms. The van der Waals surface area contributed by atoms with Crippen molar-refractivity contribution in [1.29, 1.82) is 0 Å². The molecule has 0 radical (unpaired) electrons. The summed E-state index contributed by atoms with van der Waals surface area (Å²) in [5.74, 6) is -1.32. The number of fused-ring (bicyclic) bond motifs is 1. The first-order valence-electron chi connectivity index (χ1n) is 5.08. The van der Waals surface area contributed by atoms with E-state index in [9.17, 15) is 14.7 Å². The van der Waals surface area contributed by atoms with Crippen LogP contribution in [0.25, 0.3) is 0 Å². The summed E-state index contributed by atoms with van der Waals surface area (Å²) < 4.78 is 0. The van der Waals surface area contributed by atoms with Gasteiger partial charge in [0.05, 0.1) is 23.5 Å². The first kappa shape index (κ1) is 14.1. The molecule has 0 N–H and O–H groups in total. The minimum Gasteiger partial charge on any atom is -0.543 e. The number of carbonyl (C=O) groups excluding carboxylic acids is 2. The minimum absolute atomic E-state index is 0. The number of β-lactam (4-membered cyclic amide) rings is 1. The van der Waals surface area contributed by atoms with Crippen molar-refractivity contribution >= 4 is 23.6 Å². The number of allylic oxidation sites excluding steroid dienone is 1. The molecule has 0 saturated carbocycles. The van der Waals surface area contributed by atoms with Gasteiger partial charge < -0.3 is 9.90 Å². The predicted octanol–water partition coefficient (Wildman–Crippen LogP) is -2.55. The van der Waals surface area contributed by atoms with E-state index in [1.807, 2.05) is 0 Å². The van der Waals surface area contributed by atoms with Crippen molar-refractivity contribution in [2.45, 2.75) is 38.0 Å². The summed E-state index contributed by atoms with van der Waals surface area (Å²) in [4.78, 5) is 24.3. The van der Waals surface area contributed by atoms with E-state index in [0.29, 0.717) is 6.42 Å². The SMILES string of the molecule is CCCCC1=C(C(=O)[O-])N2C(=O)C[C@@H]2S1.[Na+]. The molecule has 1 atom stereocenters. The number of nitrogens with zero attached hydrogens (tertiary/aromatic N) is 1. The van der Waals surface area contributed by atoms with Crippen LogP contribution in [0.2, 0.25) is 0 Å². The van der Waals surface area contributed by atoms with Crippen LogP contribution in [0.4, 0.5) is 0 Å². The average molecular weight is 249 g/mol. The van der Waals surface area contributed by atoms with Crippen LogP contribution in [0, 0.1) is 0 Å². The van der Waals surface area contributed by atoms with Crippen molar-refractivity contribution in [2.75, 3.05) is 0 Å². The summed E-state index contributed by atoms with van der Waals surface area (Å²) in [6.07, 6.45) is 3.17. The normalized spacial score (nSPS) is 22.7. The number of carboxylic acids is 1. The van der Waals surface area contributed by atoms with Crippen LogP contribution in [0.3, 0.4) is 0 Å². The Morgan fingerprint density at radius 2 is 2.31 bits per heavy atom. The van der Waals surface area contributed by atoms with Gasteiger partial charge in [-0.25, -0.2) is 0 Å². The van der Waals surface area contributed by atoms with Gasteiger partial charge in [-0.3, -0.25) is 9.69 Å². The molecule has 82 valence electrons. The van der Waals surface area contributed by atoms with Gasteiger partial charge in [0.25, 0.3) is 0 Å². The van der Waals surface area contributed by atoms with Crippen LogP contribution in [0.1, 0.15) is 32.6 Å². The van der Waals surface area contributed by atoms with Gasteiger partial charge in [-0.1, -0.05) is 13.3 Å². The molecule has 0 aromatic rings. The monoisotopic (exact) mass is 249 g/mol. The summed E-state index contributed by atoms with van der Waals surface area (Å²) in [5.41, 5.74) is 0.120. The molecule has 2 rings (SSSR count). The molecule has 1 amide bonds. The van der Waals surface area contributed by atoms with Gasteiger partial charge in [-0.2, -0.15) is 0 Å². The predicted molar refractivity (Wildman–Crippen MR) is 54.4 cm³/mol. The van der Waals surface area contributed by atoms with E-state index in [2.05, 4.69) is 6.92 Å². The van der Waals surface area contributed by atoms with E-state index in [1.54, 1.807) is 0 Å². The molecule has 4 nitrogen and oxygen atoms in total. The maximum Gasteiger partial charge on any atom is 1.00 e. The Balaban J connectivity index is 0.00000128. The molecule has 0 aliphatic carbocycles. The fourth-order valence-corrected chi connectivity index (χ4v) is 3.27. The second-order valence-electron chi connectivity index (χ2n) is 3.70. The fraction of sp³-hybridized carbons (Fsp3) is 0.600. The smallest absolute Gasteiger partial charge is 0.543 e. The summed E-state index contributed by atoms with van der Waals surface area (Å²) in [7, 11) is 0. The Labute approximate surface area is 121 Å². The fourth-order valence-electron chi connectivity index (χ4n) is 1.83. The zero-order valence-electron chi connectivity index (χ0n) is 9.49. The van der Waals surface area contributed by atoms with Gasteiger partial charge in [0, 0.05) is 4.91 Å². The number of carboxylic acid groups (broad SMARTS) is 1. The van der Waals surface area contributed by atoms with Gasteiger partial charge >= 0.3 is 29.6 Å². The van der Waals surface area contributed by atoms with Crippen LogP contribution in [-0.4, -0.2) is 22.2 Å². The van der Waals surface area contributed by atoms with Gasteiger partial charge in [-0.15, -0.1) is 11.8 Å². The van der Waals surface area contributed by atoms with E-state index >= 15 is 0 Å². The molecule has 0 aromatic heterocycles. The molecule has 16 heavy (non-hydrogen) atoms. The Hall–Kier alpha value is 0.0300. The van der Waals surface area contributed by atoms with Crippen molar-refractivity contribution in [3.8, 4) is 0 Å². The van der Waals surface area contributed by atoms with E-state index in [1.165, 1.54) is 16.7 Å². The zero-order chi connectivity index (χ0) is 11.0. The van der Waals surface area contributed by atoms with Gasteiger partial charge in [0.2, 0.25) is 5.91 Å². The van der Waals surface area contributed by atoms with Crippen LogP contribution >= 0.6 is 11.8 Å². The van der Waals surface area contributed by atoms with E-state index < -0.39 is 5.97 Å². The standard InChI is InChI=1S/C10H13NO3S.Na/c1-2-3-4-6-9(10(13)14)11-7(12)5-8(11)15-6;/h8H,2-5H2,1H3,(H,13,14);/q;+1/p-1/t8-;/m0./s1. The molecule has 2 heterocycles. The van der Waals surface area contributed by atoms with Crippen LogP contribution in [-0.2, 0) is 9.59 Å². The molecule has 0 aromatic carbocycles. The number of unbranched alkanes of at least 4 members (excludes halogenated alkanes) is 1. The van der Waals surface area contributed by atoms with Crippen LogP contribution in [0.5, 0.6) is 0 Å². The van der Waals surface area contributed by atoms with E-state index in [4.69, 9.17) is 0 Å². The summed E-state index contributed by atoms with van der Waals surface area (Å²) in [6.45, 7) is 2.05. The molecule has 0 spiro atoms. The quantitative estimate of drug-likeness (QED) is 0.406. The van der Waals surface area contributed by atoms with Crippen molar-refractivity contribution in [3.05, 3.63) is 10.6 Å². The van der Waals surface area contributed by atoms with E-state index in [0.717, 1.165) is 24.2 Å². The van der Waals surface area contributed by atoms with Gasteiger partial charge in [0.15, 0.2) is 0 Å². The molecule has 0 bridgehead atoms. The topological polar surface area (TPSA) is 60.4 Å². The Kier molecular flexibility index (Phi) is 4.91. The first-order valence-corrected chi connectivity index (χ1v) is 5.96. The van der Waals surface area contributed by atoms with Gasteiger partial charge in [-0.05, 0) is 12.8 Å². The van der Waals surface area contributed by atoms with Crippen LogP contribution < -0.4 is 34.7 Å². The Morgan fingerprint density at radius 3 is 2.81 bits per heavy atom. The summed E-state index contributed by atoms with van der Waals surface area (Å²) >= 11 is 1.50. The zero-order valence-corrected chi connectivity index (χ0v) is 12.3. The van der Waals surface area contributed by atoms with Crippen molar-refractivity contribution in [1.82, 2.24) is 4.90 Å². The molecule has 1 fully saturated rings. The minimum atomic E-state index is -1.22. The van der Waals surface area contributed by atoms with Gasteiger partial charge in [0.1, 0.15) is 0 Å². The maximum absolute atomic E-state index is 11.2. The number of amides is 1. The van der Waals surface area contributed by atoms with E-state index in [-0.39, 0.29) is 46.5 Å². The molecule has 2 aliphatic heterocycles. The summed E-state index contributed by atoms with van der Waals surface area (Å²) in [5, 5.41) is 11.0. The Morgan fingerprint density at radius 1 is 1.62 bits per heavy atom. The van der Waals surface area contributed by atoms with Crippen LogP contribution in [0.15, 0.2) is 10.6 Å². The third-order valence-corrected chi connectivity index (χ3v) is 3.97. The first-order chi connectivity index (χ1) is 7.15. The van der Waals surface area contributed by atoms with Crippen molar-refractivity contribution in [2.24, 2.45) is 0 Å². The number of thioether (sulfide) groups is 1. The Bertz CT molecular complexity index is 356. The number of hydrogen-bond acceptors (Lipinski definition) is 4. The average Bonchev–Trinajstić information content (AvgIpc) is 2.47. The molecular formula is C10H12NNaO3S. The third-order valence-electron chi connectivity index (χ3n) is 2.64. The van der Waals surface area contributed by atoms with Crippen molar-refractivity contribution < 1.29 is 44.3 Å². The molecule has 0 unspecified atom stereocenters. The second kappa shape index (κ2) is 5.58. The summed E-state index contributed by atoms with van der Waals surface area (Å²) in [6, 6.07) is 0.